The molecular weight excluding hydrogens is 488 g/mol. The Morgan fingerprint density at radius 1 is 1.08 bits per heavy atom. The molecule has 1 aromatic carbocycles. The Morgan fingerprint density at radius 3 is 2.35 bits per heavy atom. The minimum absolute atomic E-state index is 0.000593. The third kappa shape index (κ3) is 6.30. The van der Waals surface area contributed by atoms with E-state index in [1.165, 1.54) is 6.20 Å². The van der Waals surface area contributed by atoms with Crippen LogP contribution in [0.2, 0.25) is 18.1 Å². The summed E-state index contributed by atoms with van der Waals surface area (Å²) in [6, 6.07) is 10.2. The number of amides is 3. The summed E-state index contributed by atoms with van der Waals surface area (Å²) in [5.74, 6) is 0.269. The highest BCUT2D eigenvalue weighted by atomic mass is 28.3. The van der Waals surface area contributed by atoms with Crippen molar-refractivity contribution in [1.29, 1.82) is 0 Å². The molecule has 200 valence electrons. The van der Waals surface area contributed by atoms with Crippen LogP contribution in [0.25, 0.3) is 0 Å². The van der Waals surface area contributed by atoms with Gasteiger partial charge < -0.3 is 24.7 Å². The molecular formula is C27H38N4O5Si. The molecule has 3 amide bonds. The topological polar surface area (TPSA) is 110 Å². The summed E-state index contributed by atoms with van der Waals surface area (Å²) in [6.07, 6.45) is 1.26. The third-order valence-corrected chi connectivity index (χ3v) is 12.7. The van der Waals surface area contributed by atoms with Crippen molar-refractivity contribution in [3.05, 3.63) is 53.7 Å². The van der Waals surface area contributed by atoms with Crippen LogP contribution in [0, 0.1) is 5.92 Å². The third-order valence-electron chi connectivity index (χ3n) is 7.32. The van der Waals surface area contributed by atoms with Crippen LogP contribution < -0.4 is 20.1 Å². The number of carbonyl (C=O) groups is 3. The largest absolute Gasteiger partial charge is 0.497 e. The summed E-state index contributed by atoms with van der Waals surface area (Å²) in [5.41, 5.74) is 1.67. The summed E-state index contributed by atoms with van der Waals surface area (Å²) < 4.78 is 12.4. The number of β-lactam (4-membered cyclic amide) rings is 1. The van der Waals surface area contributed by atoms with Crippen LogP contribution in [0.5, 0.6) is 11.6 Å². The quantitative estimate of drug-likeness (QED) is 0.379. The maximum Gasteiger partial charge on any atom is 0.414 e. The van der Waals surface area contributed by atoms with Crippen molar-refractivity contribution in [3.8, 4) is 11.6 Å². The first kappa shape index (κ1) is 28.2. The van der Waals surface area contributed by atoms with Crippen molar-refractivity contribution < 1.29 is 23.9 Å². The van der Waals surface area contributed by atoms with Gasteiger partial charge in [-0.1, -0.05) is 46.0 Å². The molecule has 37 heavy (non-hydrogen) atoms. The number of hydrogen-bond acceptors (Lipinski definition) is 6. The van der Waals surface area contributed by atoms with Crippen molar-refractivity contribution in [1.82, 2.24) is 20.2 Å². The molecule has 9 nitrogen and oxygen atoms in total. The van der Waals surface area contributed by atoms with Gasteiger partial charge in [0, 0.05) is 25.4 Å². The molecule has 2 atom stereocenters. The molecule has 0 radical (unpaired) electrons. The zero-order valence-electron chi connectivity index (χ0n) is 22.8. The summed E-state index contributed by atoms with van der Waals surface area (Å²) in [4.78, 5) is 42.8. The first-order valence-corrected chi connectivity index (χ1v) is 15.5. The van der Waals surface area contributed by atoms with Crippen molar-refractivity contribution in [2.24, 2.45) is 5.92 Å². The van der Waals surface area contributed by atoms with E-state index >= 15 is 0 Å². The molecule has 1 saturated heterocycles. The number of hydrogen-bond donors (Lipinski definition) is 2. The van der Waals surface area contributed by atoms with E-state index in [0.29, 0.717) is 13.0 Å². The van der Waals surface area contributed by atoms with Crippen LogP contribution in [-0.4, -0.2) is 55.4 Å². The molecule has 0 spiro atoms. The van der Waals surface area contributed by atoms with Gasteiger partial charge in [-0.15, -0.1) is 0 Å². The zero-order chi connectivity index (χ0) is 27.4. The Balaban J connectivity index is 1.67. The van der Waals surface area contributed by atoms with Crippen LogP contribution in [0.3, 0.4) is 0 Å². The van der Waals surface area contributed by atoms with E-state index in [1.807, 2.05) is 35.8 Å². The molecule has 1 aromatic heterocycles. The lowest BCUT2D eigenvalue weighted by atomic mass is 9.84. The molecule has 0 saturated carbocycles. The zero-order valence-corrected chi connectivity index (χ0v) is 23.8. The number of nitrogens with one attached hydrogen (secondary N) is 2. The van der Waals surface area contributed by atoms with Crippen LogP contribution in [-0.2, 0) is 22.6 Å². The molecule has 2 aromatic rings. The van der Waals surface area contributed by atoms with Crippen molar-refractivity contribution in [3.63, 3.8) is 0 Å². The lowest BCUT2D eigenvalue weighted by Crippen LogP contribution is -2.76. The molecule has 1 aliphatic rings. The van der Waals surface area contributed by atoms with E-state index in [9.17, 15) is 14.4 Å². The Labute approximate surface area is 220 Å². The van der Waals surface area contributed by atoms with Crippen LogP contribution in [0.4, 0.5) is 4.79 Å². The number of aromatic nitrogens is 1. The maximum atomic E-state index is 13.4. The minimum atomic E-state index is -2.25. The van der Waals surface area contributed by atoms with Gasteiger partial charge in [-0.3, -0.25) is 9.59 Å². The summed E-state index contributed by atoms with van der Waals surface area (Å²) in [7, 11) is -0.653. The molecule has 10 heteroatoms. The van der Waals surface area contributed by atoms with Gasteiger partial charge in [0.05, 0.1) is 13.0 Å². The van der Waals surface area contributed by atoms with Gasteiger partial charge in [0.25, 0.3) is 0 Å². The predicted octanol–water partition coefficient (Wildman–Crippen LogP) is 3.89. The molecule has 0 aliphatic carbocycles. The van der Waals surface area contributed by atoms with Crippen LogP contribution in [0.1, 0.15) is 38.8 Å². The van der Waals surface area contributed by atoms with Gasteiger partial charge in [-0.2, -0.15) is 0 Å². The molecule has 1 aliphatic heterocycles. The number of carbonyl (C=O) groups excluding carboxylic acids is 3. The van der Waals surface area contributed by atoms with Crippen LogP contribution in [0.15, 0.2) is 42.6 Å². The number of methoxy groups -OCH3 is 1. The predicted molar refractivity (Wildman–Crippen MR) is 144 cm³/mol. The van der Waals surface area contributed by atoms with E-state index in [4.69, 9.17) is 9.47 Å². The number of pyridine rings is 1. The highest BCUT2D eigenvalue weighted by molar-refractivity contribution is 6.80. The Hall–Kier alpha value is -3.40. The fraction of sp³-hybridized carbons (Fsp3) is 0.481. The summed E-state index contributed by atoms with van der Waals surface area (Å²) >= 11 is 0. The molecule has 3 rings (SSSR count). The minimum Gasteiger partial charge on any atom is -0.497 e. The SMILES string of the molecule is CCNC(=O)[C@@H]1[C@@H](Cc2ccnc(OC(=O)NCc3ccc(OC)cc3)c2)C(=O)N1[Si](C)(C)C(C)(C)C. The second-order valence-electron chi connectivity index (χ2n) is 10.8. The van der Waals surface area contributed by atoms with Crippen molar-refractivity contribution in [2.75, 3.05) is 13.7 Å². The Bertz CT molecular complexity index is 1130. The summed E-state index contributed by atoms with van der Waals surface area (Å²) in [6.45, 7) is 13.3. The van der Waals surface area contributed by atoms with Crippen molar-refractivity contribution >= 4 is 26.1 Å². The average molecular weight is 527 g/mol. The van der Waals surface area contributed by atoms with Gasteiger partial charge in [-0.25, -0.2) is 9.78 Å². The summed E-state index contributed by atoms with van der Waals surface area (Å²) in [5, 5.41) is 5.51. The standard InChI is InChI=1S/C27H38N4O5Si/c1-8-28-24(32)23-21(25(33)31(23)37(6,7)27(2,3)4)15-19-13-14-29-22(16-19)36-26(34)30-17-18-9-11-20(35-5)12-10-18/h9-14,16,21,23H,8,15,17H2,1-7H3,(H,28,32)(H,30,34)/t21-,23+/m1/s1. The molecule has 1 fully saturated rings. The van der Waals surface area contributed by atoms with E-state index in [1.54, 1.807) is 19.2 Å². The van der Waals surface area contributed by atoms with Gasteiger partial charge in [-0.05, 0) is 47.7 Å². The van der Waals surface area contributed by atoms with Gasteiger partial charge in [0.1, 0.15) is 11.8 Å². The number of likely N-dealkylation sites (N-methyl/N-ethyl adjacent to an activating group) is 1. The number of benzene rings is 1. The van der Waals surface area contributed by atoms with Gasteiger partial charge in [0.2, 0.25) is 17.7 Å². The fourth-order valence-electron chi connectivity index (χ4n) is 4.25. The monoisotopic (exact) mass is 526 g/mol. The lowest BCUT2D eigenvalue weighted by Gasteiger charge is -2.57. The van der Waals surface area contributed by atoms with Crippen LogP contribution >= 0.6 is 0 Å². The van der Waals surface area contributed by atoms with E-state index < -0.39 is 26.3 Å². The first-order chi connectivity index (χ1) is 17.4. The highest BCUT2D eigenvalue weighted by Gasteiger charge is 2.59. The van der Waals surface area contributed by atoms with E-state index in [-0.39, 0.29) is 29.3 Å². The Kier molecular flexibility index (Phi) is 8.63. The molecule has 0 bridgehead atoms. The van der Waals surface area contributed by atoms with Gasteiger partial charge in [0.15, 0.2) is 8.24 Å². The lowest BCUT2D eigenvalue weighted by molar-refractivity contribution is -0.155. The number of rotatable bonds is 9. The smallest absolute Gasteiger partial charge is 0.414 e. The average Bonchev–Trinajstić information content (AvgIpc) is 2.84. The first-order valence-electron chi connectivity index (χ1n) is 12.5. The van der Waals surface area contributed by atoms with Crippen molar-refractivity contribution in [2.45, 2.75) is 64.8 Å². The number of nitrogens with zero attached hydrogens (tertiary/aromatic N) is 2. The van der Waals surface area contributed by atoms with E-state index in [2.05, 4.69) is 49.5 Å². The molecule has 0 unspecified atom stereocenters. The highest BCUT2D eigenvalue weighted by Crippen LogP contribution is 2.45. The van der Waals surface area contributed by atoms with Gasteiger partial charge >= 0.3 is 6.09 Å². The Morgan fingerprint density at radius 2 is 1.76 bits per heavy atom. The maximum absolute atomic E-state index is 13.4. The fourth-order valence-corrected chi connectivity index (χ4v) is 6.68. The van der Waals surface area contributed by atoms with E-state index in [0.717, 1.165) is 16.9 Å². The number of ether oxygens (including phenoxy) is 2. The molecule has 2 N–H and O–H groups in total. The normalized spacial score (nSPS) is 17.6. The molecule has 2 heterocycles. The second-order valence-corrected chi connectivity index (χ2v) is 15.9. The second kappa shape index (κ2) is 11.3.